The van der Waals surface area contributed by atoms with E-state index in [-0.39, 0.29) is 5.90 Å². The molecule has 1 rings (SSSR count). The molecule has 1 aliphatic rings. The largest absolute Gasteiger partial charge is 0.862 e. The lowest BCUT2D eigenvalue weighted by Gasteiger charge is -2.11. The van der Waals surface area contributed by atoms with E-state index in [1.54, 1.807) is 0 Å². The van der Waals surface area contributed by atoms with E-state index in [0.717, 1.165) is 13.0 Å². The molecule has 0 aromatic carbocycles. The van der Waals surface area contributed by atoms with Crippen molar-refractivity contribution in [3.8, 4) is 0 Å². The van der Waals surface area contributed by atoms with Crippen molar-refractivity contribution in [2.75, 3.05) is 6.54 Å². The molecule has 1 aliphatic heterocycles. The SMILES string of the molecule is CC(C)CC1CN=C([O-])C1. The summed E-state index contributed by atoms with van der Waals surface area (Å²) in [4.78, 5) is 3.83. The molecule has 0 amide bonds. The minimum absolute atomic E-state index is 0.102. The summed E-state index contributed by atoms with van der Waals surface area (Å²) in [6.07, 6.45) is 1.84. The van der Waals surface area contributed by atoms with Crippen LogP contribution in [0.15, 0.2) is 4.99 Å². The van der Waals surface area contributed by atoms with Gasteiger partial charge in [0.2, 0.25) is 0 Å². The molecular weight excluding hydrogens is 126 g/mol. The second kappa shape index (κ2) is 3.04. The zero-order valence-corrected chi connectivity index (χ0v) is 6.63. The van der Waals surface area contributed by atoms with Gasteiger partial charge in [-0.15, -0.1) is 0 Å². The van der Waals surface area contributed by atoms with Gasteiger partial charge in [0.15, 0.2) is 0 Å². The Morgan fingerprint density at radius 3 is 2.80 bits per heavy atom. The first-order chi connectivity index (χ1) is 4.68. The first-order valence-corrected chi connectivity index (χ1v) is 3.89. The van der Waals surface area contributed by atoms with Gasteiger partial charge in [0, 0.05) is 6.54 Å². The van der Waals surface area contributed by atoms with Crippen molar-refractivity contribution in [2.45, 2.75) is 26.7 Å². The maximum atomic E-state index is 10.7. The van der Waals surface area contributed by atoms with Crippen LogP contribution in [0.3, 0.4) is 0 Å². The number of rotatable bonds is 2. The van der Waals surface area contributed by atoms with Crippen LogP contribution in [0.25, 0.3) is 0 Å². The van der Waals surface area contributed by atoms with E-state index in [1.807, 2.05) is 0 Å². The Balaban J connectivity index is 2.23. The zero-order chi connectivity index (χ0) is 7.56. The monoisotopic (exact) mass is 140 g/mol. The summed E-state index contributed by atoms with van der Waals surface area (Å²) in [5.74, 6) is 1.35. The highest BCUT2D eigenvalue weighted by Crippen LogP contribution is 2.19. The average molecular weight is 140 g/mol. The Labute approximate surface area is 62.0 Å². The van der Waals surface area contributed by atoms with Gasteiger partial charge >= 0.3 is 0 Å². The van der Waals surface area contributed by atoms with Crippen molar-refractivity contribution in [3.05, 3.63) is 0 Å². The maximum absolute atomic E-state index is 10.7. The minimum atomic E-state index is 0.102. The van der Waals surface area contributed by atoms with Gasteiger partial charge in [0.1, 0.15) is 0 Å². The first kappa shape index (κ1) is 7.58. The Morgan fingerprint density at radius 1 is 1.70 bits per heavy atom. The van der Waals surface area contributed by atoms with Gasteiger partial charge in [-0.3, -0.25) is 0 Å². The zero-order valence-electron chi connectivity index (χ0n) is 6.63. The molecule has 0 saturated heterocycles. The minimum Gasteiger partial charge on any atom is -0.862 e. The lowest BCUT2D eigenvalue weighted by Crippen LogP contribution is -2.16. The molecular formula is C8H14NO-. The summed E-state index contributed by atoms with van der Waals surface area (Å²) >= 11 is 0. The molecule has 0 N–H and O–H groups in total. The van der Waals surface area contributed by atoms with Gasteiger partial charge in [-0.25, -0.2) is 0 Å². The number of nitrogens with zero attached hydrogens (tertiary/aromatic N) is 1. The third kappa shape index (κ3) is 2.01. The lowest BCUT2D eigenvalue weighted by atomic mass is 9.96. The smallest absolute Gasteiger partial charge is 0.0409 e. The van der Waals surface area contributed by atoms with Crippen LogP contribution in [-0.2, 0) is 0 Å². The molecule has 2 nitrogen and oxygen atoms in total. The summed E-state index contributed by atoms with van der Waals surface area (Å²) in [6, 6.07) is 0. The Hall–Kier alpha value is -0.530. The lowest BCUT2D eigenvalue weighted by molar-refractivity contribution is -0.218. The van der Waals surface area contributed by atoms with E-state index < -0.39 is 0 Å². The third-order valence-corrected chi connectivity index (χ3v) is 1.79. The predicted molar refractivity (Wildman–Crippen MR) is 39.9 cm³/mol. The van der Waals surface area contributed by atoms with E-state index in [2.05, 4.69) is 18.8 Å². The van der Waals surface area contributed by atoms with Crippen molar-refractivity contribution >= 4 is 5.90 Å². The molecule has 1 unspecified atom stereocenters. The van der Waals surface area contributed by atoms with Crippen LogP contribution in [0, 0.1) is 11.8 Å². The Morgan fingerprint density at radius 2 is 2.40 bits per heavy atom. The standard InChI is InChI=1S/C8H15NO/c1-6(2)3-7-4-8(10)9-5-7/h6-7H,3-5H2,1-2H3,(H,9,10)/p-1. The third-order valence-electron chi connectivity index (χ3n) is 1.79. The van der Waals surface area contributed by atoms with Crippen molar-refractivity contribution in [1.82, 2.24) is 0 Å². The molecule has 58 valence electrons. The highest BCUT2D eigenvalue weighted by atomic mass is 16.3. The molecule has 0 fully saturated rings. The van der Waals surface area contributed by atoms with Crippen LogP contribution in [0.2, 0.25) is 0 Å². The molecule has 0 aromatic rings. The highest BCUT2D eigenvalue weighted by Gasteiger charge is 2.14. The molecule has 0 saturated carbocycles. The van der Waals surface area contributed by atoms with E-state index >= 15 is 0 Å². The van der Waals surface area contributed by atoms with Crippen molar-refractivity contribution in [1.29, 1.82) is 0 Å². The van der Waals surface area contributed by atoms with E-state index in [0.29, 0.717) is 18.3 Å². The van der Waals surface area contributed by atoms with Gasteiger partial charge in [0.25, 0.3) is 0 Å². The summed E-state index contributed by atoms with van der Waals surface area (Å²) in [6.45, 7) is 5.14. The van der Waals surface area contributed by atoms with Crippen LogP contribution in [-0.4, -0.2) is 12.4 Å². The van der Waals surface area contributed by atoms with Gasteiger partial charge in [-0.1, -0.05) is 13.8 Å². The molecule has 0 radical (unpaired) electrons. The van der Waals surface area contributed by atoms with Gasteiger partial charge < -0.3 is 10.1 Å². The second-order valence-electron chi connectivity index (χ2n) is 3.43. The average Bonchev–Trinajstić information content (AvgIpc) is 2.13. The summed E-state index contributed by atoms with van der Waals surface area (Å²) in [7, 11) is 0. The Kier molecular flexibility index (Phi) is 2.30. The number of hydrogen-bond donors (Lipinski definition) is 0. The van der Waals surface area contributed by atoms with Crippen LogP contribution >= 0.6 is 0 Å². The number of hydrogen-bond acceptors (Lipinski definition) is 2. The van der Waals surface area contributed by atoms with Crippen molar-refractivity contribution in [3.63, 3.8) is 0 Å². The fourth-order valence-electron chi connectivity index (χ4n) is 1.43. The second-order valence-corrected chi connectivity index (χ2v) is 3.43. The van der Waals surface area contributed by atoms with Crippen molar-refractivity contribution in [2.24, 2.45) is 16.8 Å². The topological polar surface area (TPSA) is 35.4 Å². The molecule has 1 atom stereocenters. The maximum Gasteiger partial charge on any atom is 0.0409 e. The molecule has 0 aliphatic carbocycles. The molecule has 0 bridgehead atoms. The van der Waals surface area contributed by atoms with Crippen LogP contribution in [0.4, 0.5) is 0 Å². The molecule has 0 aromatic heterocycles. The normalized spacial score (nSPS) is 25.5. The van der Waals surface area contributed by atoms with Crippen LogP contribution in [0.1, 0.15) is 26.7 Å². The number of aliphatic imine (C=N–C) groups is 1. The van der Waals surface area contributed by atoms with E-state index in [4.69, 9.17) is 0 Å². The molecule has 0 spiro atoms. The van der Waals surface area contributed by atoms with E-state index in [1.165, 1.54) is 0 Å². The van der Waals surface area contributed by atoms with Crippen LogP contribution < -0.4 is 5.11 Å². The molecule has 10 heavy (non-hydrogen) atoms. The highest BCUT2D eigenvalue weighted by molar-refractivity contribution is 5.73. The van der Waals surface area contributed by atoms with Gasteiger partial charge in [-0.05, 0) is 30.6 Å². The summed E-state index contributed by atoms with van der Waals surface area (Å²) < 4.78 is 0. The fourth-order valence-corrected chi connectivity index (χ4v) is 1.43. The quantitative estimate of drug-likeness (QED) is 0.559. The van der Waals surface area contributed by atoms with Gasteiger partial charge in [-0.2, -0.15) is 0 Å². The van der Waals surface area contributed by atoms with Gasteiger partial charge in [0.05, 0.1) is 0 Å². The first-order valence-electron chi connectivity index (χ1n) is 3.89. The summed E-state index contributed by atoms with van der Waals surface area (Å²) in [5, 5.41) is 10.7. The van der Waals surface area contributed by atoms with Crippen molar-refractivity contribution < 1.29 is 5.11 Å². The van der Waals surface area contributed by atoms with E-state index in [9.17, 15) is 5.11 Å². The summed E-state index contributed by atoms with van der Waals surface area (Å²) in [5.41, 5.74) is 0. The Bertz CT molecular complexity index is 140. The van der Waals surface area contributed by atoms with Crippen LogP contribution in [0.5, 0.6) is 0 Å². The fraction of sp³-hybridized carbons (Fsp3) is 0.875. The predicted octanol–water partition coefficient (Wildman–Crippen LogP) is 0.811. The molecule has 2 heteroatoms. The molecule has 1 heterocycles.